The van der Waals surface area contributed by atoms with Crippen LogP contribution in [0.2, 0.25) is 0 Å². The van der Waals surface area contributed by atoms with Crippen molar-refractivity contribution in [1.82, 2.24) is 19.9 Å². The van der Waals surface area contributed by atoms with E-state index in [4.69, 9.17) is 0 Å². The maximum absolute atomic E-state index is 11.7. The van der Waals surface area contributed by atoms with E-state index in [9.17, 15) is 19.8 Å². The summed E-state index contributed by atoms with van der Waals surface area (Å²) in [5.74, 6) is -3.43. The van der Waals surface area contributed by atoms with E-state index in [1.54, 1.807) is 0 Å². The summed E-state index contributed by atoms with van der Waals surface area (Å²) in [6.07, 6.45) is 0. The van der Waals surface area contributed by atoms with Crippen LogP contribution in [0, 0.1) is 0 Å². The van der Waals surface area contributed by atoms with Gasteiger partial charge in [-0.3, -0.25) is 0 Å². The van der Waals surface area contributed by atoms with Crippen molar-refractivity contribution >= 4 is 55.0 Å². The molecule has 2 heterocycles. The molecule has 285 valence electrons. The number of hydrogen-bond acceptors (Lipinski definition) is 8. The predicted octanol–water partition coefficient (Wildman–Crippen LogP) is 8.96. The number of benzene rings is 8. The van der Waals surface area contributed by atoms with Crippen LogP contribution in [0.5, 0.6) is 0 Å². The predicted molar refractivity (Wildman–Crippen MR) is 224 cm³/mol. The van der Waals surface area contributed by atoms with E-state index in [2.05, 4.69) is 19.9 Å². The molecule has 0 aliphatic rings. The number of aromatic carboxylic acids is 2. The number of nitrogens with zero attached hydrogens (tertiary/aromatic N) is 4. The molecule has 0 bridgehead atoms. The summed E-state index contributed by atoms with van der Waals surface area (Å²) in [6, 6.07) is 59.1. The molecule has 0 atom stereocenters. The van der Waals surface area contributed by atoms with Gasteiger partial charge in [0.25, 0.3) is 0 Å². The first-order chi connectivity index (χ1) is 28.4. The van der Waals surface area contributed by atoms with Crippen molar-refractivity contribution in [3.8, 4) is 45.0 Å². The second-order valence-electron chi connectivity index (χ2n) is 13.6. The zero-order chi connectivity index (χ0) is 39.6. The molecule has 0 aliphatic heterocycles. The standard InChI is InChI=1S/2C25H16N2O2.Ir/c2*28-25(29)24-26-22(20-13-5-9-16-7-1-3-11-18(16)20)15-23(27-24)21-14-6-10-17-8-2-4-12-19(17)21;/h2*1-15H,(H,28,29);/p-2. The maximum atomic E-state index is 11.7. The van der Waals surface area contributed by atoms with Crippen molar-refractivity contribution in [3.05, 3.63) is 194 Å². The second-order valence-corrected chi connectivity index (χ2v) is 13.6. The van der Waals surface area contributed by atoms with Crippen LogP contribution in [0.25, 0.3) is 88.1 Å². The van der Waals surface area contributed by atoms with Crippen molar-refractivity contribution in [3.63, 3.8) is 0 Å². The number of rotatable bonds is 6. The molecule has 8 aromatic carbocycles. The van der Waals surface area contributed by atoms with E-state index in [1.807, 2.05) is 182 Å². The van der Waals surface area contributed by atoms with Gasteiger partial charge in [-0.2, -0.15) is 0 Å². The molecular formula is C50H30IrN4O4-2. The molecule has 10 rings (SSSR count). The number of carboxylic acid groups (broad SMARTS) is 2. The van der Waals surface area contributed by atoms with Crippen LogP contribution in [0.3, 0.4) is 0 Å². The molecule has 0 unspecified atom stereocenters. The Balaban J connectivity index is 0.000000161. The molecule has 10 aromatic rings. The Morgan fingerprint density at radius 1 is 0.322 bits per heavy atom. The number of hydrogen-bond donors (Lipinski definition) is 0. The Bertz CT molecular complexity index is 2790. The van der Waals surface area contributed by atoms with E-state index < -0.39 is 11.9 Å². The first kappa shape index (κ1) is 38.4. The van der Waals surface area contributed by atoms with E-state index in [0.29, 0.717) is 22.8 Å². The smallest absolute Gasteiger partial charge is 0.176 e. The van der Waals surface area contributed by atoms with E-state index in [1.165, 1.54) is 0 Å². The second kappa shape index (κ2) is 16.6. The molecule has 0 saturated carbocycles. The largest absolute Gasteiger partial charge is 0.542 e. The Kier molecular flexibility index (Phi) is 10.8. The molecular weight excluding hydrogens is 913 g/mol. The molecule has 9 heteroatoms. The SMILES string of the molecule is O=C([O-])c1nc(-c2cccc3ccccc23)cc(-c2cccc3ccccc23)n1.O=C([O-])c1nc(-c2cccc3ccccc23)cc(-c2cccc3ccccc23)n1.[Ir]. The molecule has 8 nitrogen and oxygen atoms in total. The molecule has 0 spiro atoms. The fourth-order valence-corrected chi connectivity index (χ4v) is 7.42. The van der Waals surface area contributed by atoms with E-state index in [0.717, 1.165) is 65.3 Å². The summed E-state index contributed by atoms with van der Waals surface area (Å²) in [7, 11) is 0. The van der Waals surface area contributed by atoms with Crippen molar-refractivity contribution in [1.29, 1.82) is 0 Å². The van der Waals surface area contributed by atoms with Crippen LogP contribution in [0.4, 0.5) is 0 Å². The molecule has 59 heavy (non-hydrogen) atoms. The monoisotopic (exact) mass is 943 g/mol. The third-order valence-electron chi connectivity index (χ3n) is 10.1. The molecule has 1 radical (unpaired) electrons. The summed E-state index contributed by atoms with van der Waals surface area (Å²) in [5, 5.41) is 31.6. The Hall–Kier alpha value is -7.45. The zero-order valence-electron chi connectivity index (χ0n) is 31.1. The van der Waals surface area contributed by atoms with Gasteiger partial charge in [-0.15, -0.1) is 0 Å². The topological polar surface area (TPSA) is 132 Å². The van der Waals surface area contributed by atoms with Gasteiger partial charge in [0, 0.05) is 42.4 Å². The number of carboxylic acids is 2. The summed E-state index contributed by atoms with van der Waals surface area (Å²) >= 11 is 0. The fourth-order valence-electron chi connectivity index (χ4n) is 7.42. The van der Waals surface area contributed by atoms with Crippen LogP contribution < -0.4 is 10.2 Å². The van der Waals surface area contributed by atoms with Gasteiger partial charge in [0.15, 0.2) is 11.6 Å². The van der Waals surface area contributed by atoms with Crippen molar-refractivity contribution < 1.29 is 39.9 Å². The Morgan fingerprint density at radius 3 is 0.780 bits per heavy atom. The first-order valence-corrected chi connectivity index (χ1v) is 18.5. The van der Waals surface area contributed by atoms with Crippen LogP contribution in [-0.2, 0) is 20.1 Å². The van der Waals surface area contributed by atoms with Gasteiger partial charge >= 0.3 is 0 Å². The number of aromatic nitrogens is 4. The minimum Gasteiger partial charge on any atom is -0.542 e. The third-order valence-corrected chi connectivity index (χ3v) is 10.1. The minimum absolute atomic E-state index is 0. The Labute approximate surface area is 351 Å². The average Bonchev–Trinajstić information content (AvgIpc) is 3.28. The summed E-state index contributed by atoms with van der Waals surface area (Å²) < 4.78 is 0. The molecule has 0 aliphatic carbocycles. The van der Waals surface area contributed by atoms with E-state index in [-0.39, 0.29) is 31.8 Å². The van der Waals surface area contributed by atoms with Crippen molar-refractivity contribution in [2.24, 2.45) is 0 Å². The summed E-state index contributed by atoms with van der Waals surface area (Å²) in [5.41, 5.74) is 5.64. The first-order valence-electron chi connectivity index (χ1n) is 18.5. The molecule has 0 fully saturated rings. The molecule has 0 amide bonds. The average molecular weight is 943 g/mol. The van der Waals surface area contributed by atoms with Gasteiger partial charge in [-0.05, 0) is 55.2 Å². The summed E-state index contributed by atoms with van der Waals surface area (Å²) in [4.78, 5) is 40.5. The van der Waals surface area contributed by atoms with E-state index >= 15 is 0 Å². The van der Waals surface area contributed by atoms with Gasteiger partial charge in [0.05, 0.1) is 22.8 Å². The van der Waals surface area contributed by atoms with Crippen LogP contribution in [-0.4, -0.2) is 31.9 Å². The number of carbonyl (C=O) groups is 2. The molecule has 0 saturated heterocycles. The Morgan fingerprint density at radius 2 is 0.542 bits per heavy atom. The zero-order valence-corrected chi connectivity index (χ0v) is 33.5. The van der Waals surface area contributed by atoms with Gasteiger partial charge in [-0.1, -0.05) is 170 Å². The molecule has 2 aromatic heterocycles. The summed E-state index contributed by atoms with van der Waals surface area (Å²) in [6.45, 7) is 0. The van der Waals surface area contributed by atoms with Gasteiger partial charge < -0.3 is 19.8 Å². The van der Waals surface area contributed by atoms with Crippen LogP contribution in [0.1, 0.15) is 21.2 Å². The number of carbonyl (C=O) groups excluding carboxylic acids is 2. The van der Waals surface area contributed by atoms with Crippen LogP contribution in [0.15, 0.2) is 182 Å². The number of fused-ring (bicyclic) bond motifs is 4. The maximum Gasteiger partial charge on any atom is 0.176 e. The van der Waals surface area contributed by atoms with Crippen LogP contribution >= 0.6 is 0 Å². The quantitative estimate of drug-likeness (QED) is 0.162. The van der Waals surface area contributed by atoms with Gasteiger partial charge in [-0.25, -0.2) is 19.9 Å². The van der Waals surface area contributed by atoms with Crippen molar-refractivity contribution in [2.45, 2.75) is 0 Å². The van der Waals surface area contributed by atoms with Crippen molar-refractivity contribution in [2.75, 3.05) is 0 Å². The normalized spacial score (nSPS) is 10.8. The minimum atomic E-state index is -1.39. The van der Waals surface area contributed by atoms with Gasteiger partial charge in [0.1, 0.15) is 11.9 Å². The third kappa shape index (κ3) is 7.68. The molecule has 0 N–H and O–H groups in total. The fraction of sp³-hybridized carbons (Fsp3) is 0. The van der Waals surface area contributed by atoms with Gasteiger partial charge in [0.2, 0.25) is 0 Å².